The summed E-state index contributed by atoms with van der Waals surface area (Å²) in [5.74, 6) is 0.784. The third-order valence-electron chi connectivity index (χ3n) is 3.02. The summed E-state index contributed by atoms with van der Waals surface area (Å²) in [6, 6.07) is 2.47. The van der Waals surface area contributed by atoms with Gasteiger partial charge in [-0.2, -0.15) is 5.26 Å². The molecule has 7 heteroatoms. The molecule has 1 unspecified atom stereocenters. The van der Waals surface area contributed by atoms with Crippen molar-refractivity contribution < 1.29 is 0 Å². The van der Waals surface area contributed by atoms with Crippen LogP contribution in [-0.4, -0.2) is 33.1 Å². The lowest BCUT2D eigenvalue weighted by Crippen LogP contribution is -2.28. The largest absolute Gasteiger partial charge is 0.344 e. The summed E-state index contributed by atoms with van der Waals surface area (Å²) < 4.78 is 1.74. The van der Waals surface area contributed by atoms with E-state index in [4.69, 9.17) is 5.26 Å². The minimum absolute atomic E-state index is 0.118. The highest BCUT2D eigenvalue weighted by atomic mass is 32.2. The second-order valence-electron chi connectivity index (χ2n) is 4.69. The van der Waals surface area contributed by atoms with Crippen LogP contribution in [0.3, 0.4) is 0 Å². The number of nitriles is 1. The van der Waals surface area contributed by atoms with Gasteiger partial charge >= 0.3 is 5.69 Å². The summed E-state index contributed by atoms with van der Waals surface area (Å²) in [5, 5.41) is 19.5. The van der Waals surface area contributed by atoms with Crippen LogP contribution < -0.4 is 11.0 Å². The van der Waals surface area contributed by atoms with Gasteiger partial charge in [0.2, 0.25) is 0 Å². The van der Waals surface area contributed by atoms with Crippen LogP contribution >= 0.6 is 11.8 Å². The maximum atomic E-state index is 11.6. The Balaban J connectivity index is 1.82. The van der Waals surface area contributed by atoms with Gasteiger partial charge in [0.05, 0.1) is 12.1 Å². The van der Waals surface area contributed by atoms with Crippen LogP contribution in [0.15, 0.2) is 9.95 Å². The molecule has 19 heavy (non-hydrogen) atoms. The minimum atomic E-state index is -0.119. The zero-order chi connectivity index (χ0) is 13.7. The van der Waals surface area contributed by atoms with Crippen molar-refractivity contribution in [2.24, 2.45) is 0 Å². The Morgan fingerprint density at radius 2 is 2.47 bits per heavy atom. The minimum Gasteiger partial charge on any atom is -0.302 e. The number of hydrogen-bond donors (Lipinski definition) is 2. The van der Waals surface area contributed by atoms with Crippen molar-refractivity contribution in [1.29, 1.82) is 5.26 Å². The van der Waals surface area contributed by atoms with Gasteiger partial charge in [0, 0.05) is 11.8 Å². The topological polar surface area (TPSA) is 86.5 Å². The molecule has 1 atom stereocenters. The molecule has 0 radical (unpaired) electrons. The van der Waals surface area contributed by atoms with Crippen LogP contribution in [-0.2, 0) is 0 Å². The molecule has 0 spiro atoms. The summed E-state index contributed by atoms with van der Waals surface area (Å²) in [6.45, 7) is 2.94. The highest BCUT2D eigenvalue weighted by Gasteiger charge is 2.28. The number of nitrogens with zero attached hydrogens (tertiary/aromatic N) is 3. The highest BCUT2D eigenvalue weighted by molar-refractivity contribution is 7.99. The molecule has 1 fully saturated rings. The highest BCUT2D eigenvalue weighted by Crippen LogP contribution is 2.36. The zero-order valence-electron chi connectivity index (χ0n) is 11.1. The van der Waals surface area contributed by atoms with E-state index in [1.54, 1.807) is 16.3 Å². The molecule has 1 aliphatic rings. The lowest BCUT2D eigenvalue weighted by Gasteiger charge is -2.10. The van der Waals surface area contributed by atoms with E-state index in [1.807, 2.05) is 0 Å². The number of aromatic amines is 1. The fourth-order valence-corrected chi connectivity index (χ4v) is 2.86. The molecule has 1 aromatic rings. The van der Waals surface area contributed by atoms with Gasteiger partial charge in [-0.3, -0.25) is 4.57 Å². The third kappa shape index (κ3) is 3.85. The first-order chi connectivity index (χ1) is 9.26. The third-order valence-corrected chi connectivity index (χ3v) is 4.00. The van der Waals surface area contributed by atoms with Gasteiger partial charge in [-0.15, -0.1) is 5.10 Å². The molecule has 2 rings (SSSR count). The first-order valence-corrected chi connectivity index (χ1v) is 7.67. The van der Waals surface area contributed by atoms with E-state index >= 15 is 0 Å². The Kier molecular flexibility index (Phi) is 5.05. The Morgan fingerprint density at radius 1 is 1.68 bits per heavy atom. The summed E-state index contributed by atoms with van der Waals surface area (Å²) >= 11 is 1.54. The van der Waals surface area contributed by atoms with Gasteiger partial charge in [0.25, 0.3) is 0 Å². The van der Waals surface area contributed by atoms with Crippen LogP contribution in [0.4, 0.5) is 0 Å². The summed E-state index contributed by atoms with van der Waals surface area (Å²) in [4.78, 5) is 11.6. The summed E-state index contributed by atoms with van der Waals surface area (Å²) in [5.41, 5.74) is -0.119. The predicted octanol–water partition coefficient (Wildman–Crippen LogP) is 1.28. The maximum Gasteiger partial charge on any atom is 0.344 e. The summed E-state index contributed by atoms with van der Waals surface area (Å²) in [7, 11) is 0. The molecule has 104 valence electrons. The van der Waals surface area contributed by atoms with Crippen LogP contribution in [0.1, 0.15) is 38.6 Å². The lowest BCUT2D eigenvalue weighted by atomic mass is 10.2. The standard InChI is InChI=1S/C12H19N5OS/c1-2-6-14-9(8-13)5-7-19-12-16-15-11(18)17(12)10-3-4-10/h9-10,14H,2-7H2,1H3,(H,15,18). The summed E-state index contributed by atoms with van der Waals surface area (Å²) in [6.07, 6.45) is 3.90. The number of nitrogens with one attached hydrogen (secondary N) is 2. The Hall–Kier alpha value is -1.26. The molecule has 6 nitrogen and oxygen atoms in total. The van der Waals surface area contributed by atoms with E-state index in [-0.39, 0.29) is 11.7 Å². The Labute approximate surface area is 116 Å². The SMILES string of the molecule is CCCNC(C#N)CCSc1n[nH]c(=O)n1C1CC1. The van der Waals surface area contributed by atoms with Crippen molar-refractivity contribution in [1.82, 2.24) is 20.1 Å². The number of hydrogen-bond acceptors (Lipinski definition) is 5. The van der Waals surface area contributed by atoms with Crippen molar-refractivity contribution in [3.05, 3.63) is 10.5 Å². The normalized spacial score (nSPS) is 16.2. The van der Waals surface area contributed by atoms with E-state index in [1.165, 1.54) is 0 Å². The van der Waals surface area contributed by atoms with Gasteiger partial charge in [0.15, 0.2) is 5.16 Å². The van der Waals surface area contributed by atoms with Crippen LogP contribution in [0.2, 0.25) is 0 Å². The van der Waals surface area contributed by atoms with Crippen molar-refractivity contribution in [2.75, 3.05) is 12.3 Å². The maximum absolute atomic E-state index is 11.6. The van der Waals surface area contributed by atoms with Gasteiger partial charge in [0.1, 0.15) is 0 Å². The van der Waals surface area contributed by atoms with Crippen LogP contribution in [0.25, 0.3) is 0 Å². The fraction of sp³-hybridized carbons (Fsp3) is 0.750. The molecule has 2 N–H and O–H groups in total. The molecule has 1 aliphatic carbocycles. The number of aromatic nitrogens is 3. The molecule has 0 aliphatic heterocycles. The van der Waals surface area contributed by atoms with E-state index in [2.05, 4.69) is 28.5 Å². The van der Waals surface area contributed by atoms with Gasteiger partial charge in [-0.1, -0.05) is 18.7 Å². The first kappa shape index (κ1) is 14.2. The number of H-pyrrole nitrogens is 1. The second kappa shape index (κ2) is 6.78. The Bertz CT molecular complexity index is 499. The van der Waals surface area contributed by atoms with Crippen LogP contribution in [0.5, 0.6) is 0 Å². The fourth-order valence-electron chi connectivity index (χ4n) is 1.85. The number of thioether (sulfide) groups is 1. The van der Waals surface area contributed by atoms with E-state index in [9.17, 15) is 4.79 Å². The van der Waals surface area contributed by atoms with E-state index in [0.717, 1.165) is 43.1 Å². The second-order valence-corrected chi connectivity index (χ2v) is 5.75. The molecular formula is C12H19N5OS. The molecular weight excluding hydrogens is 262 g/mol. The average Bonchev–Trinajstić information content (AvgIpc) is 3.18. The predicted molar refractivity (Wildman–Crippen MR) is 74.2 cm³/mol. The Morgan fingerprint density at radius 3 is 3.11 bits per heavy atom. The van der Waals surface area contributed by atoms with E-state index in [0.29, 0.717) is 6.04 Å². The molecule has 0 saturated heterocycles. The molecule has 1 aromatic heterocycles. The first-order valence-electron chi connectivity index (χ1n) is 6.69. The monoisotopic (exact) mass is 281 g/mol. The quantitative estimate of drug-likeness (QED) is 0.701. The molecule has 0 aromatic carbocycles. The average molecular weight is 281 g/mol. The lowest BCUT2D eigenvalue weighted by molar-refractivity contribution is 0.584. The molecule has 0 amide bonds. The van der Waals surface area contributed by atoms with Gasteiger partial charge in [-0.25, -0.2) is 9.89 Å². The van der Waals surface area contributed by atoms with Crippen molar-refractivity contribution in [3.8, 4) is 6.07 Å². The number of rotatable bonds is 8. The smallest absolute Gasteiger partial charge is 0.302 e. The van der Waals surface area contributed by atoms with Crippen molar-refractivity contribution >= 4 is 11.8 Å². The molecule has 0 bridgehead atoms. The van der Waals surface area contributed by atoms with Crippen molar-refractivity contribution in [3.63, 3.8) is 0 Å². The zero-order valence-corrected chi connectivity index (χ0v) is 11.9. The van der Waals surface area contributed by atoms with Gasteiger partial charge in [-0.05, 0) is 32.2 Å². The molecule has 1 saturated carbocycles. The van der Waals surface area contributed by atoms with Crippen molar-refractivity contribution in [2.45, 2.75) is 49.8 Å². The van der Waals surface area contributed by atoms with E-state index < -0.39 is 0 Å². The van der Waals surface area contributed by atoms with Gasteiger partial charge < -0.3 is 5.32 Å². The molecule has 1 heterocycles. The van der Waals surface area contributed by atoms with Crippen LogP contribution in [0, 0.1) is 11.3 Å².